The lowest BCUT2D eigenvalue weighted by atomic mass is 10.2. The first kappa shape index (κ1) is 10.6. The minimum Gasteiger partial charge on any atom is -0.339 e. The van der Waals surface area contributed by atoms with Crippen LogP contribution in [0.25, 0.3) is 0 Å². The lowest BCUT2D eigenvalue weighted by Crippen LogP contribution is -2.30. The Labute approximate surface area is 86.1 Å². The number of nitriles is 1. The maximum absolute atomic E-state index is 11.6. The van der Waals surface area contributed by atoms with Crippen molar-refractivity contribution in [2.45, 2.75) is 6.92 Å². The van der Waals surface area contributed by atoms with Gasteiger partial charge in [0, 0.05) is 19.0 Å². The van der Waals surface area contributed by atoms with Gasteiger partial charge in [0.25, 0.3) is 5.91 Å². The van der Waals surface area contributed by atoms with E-state index in [1.807, 2.05) is 0 Å². The molecule has 6 heteroatoms. The molecule has 1 rings (SSSR count). The Kier molecular flexibility index (Phi) is 3.54. The molecule has 1 atom stereocenters. The van der Waals surface area contributed by atoms with Crippen LogP contribution in [0.3, 0.4) is 0 Å². The van der Waals surface area contributed by atoms with Crippen LogP contribution in [0.4, 0.5) is 0 Å². The van der Waals surface area contributed by atoms with Crippen LogP contribution >= 0.6 is 11.5 Å². The van der Waals surface area contributed by atoms with E-state index in [0.717, 1.165) is 11.5 Å². The fourth-order valence-electron chi connectivity index (χ4n) is 0.988. The smallest absolute Gasteiger partial charge is 0.275 e. The summed E-state index contributed by atoms with van der Waals surface area (Å²) in [6.07, 6.45) is 0. The summed E-state index contributed by atoms with van der Waals surface area (Å²) in [5.41, 5.74) is 0.336. The minimum absolute atomic E-state index is 0.171. The number of carbonyl (C=O) groups excluding carboxylic acids is 1. The van der Waals surface area contributed by atoms with Crippen molar-refractivity contribution >= 4 is 17.4 Å². The summed E-state index contributed by atoms with van der Waals surface area (Å²) in [4.78, 5) is 13.1. The molecule has 0 N–H and O–H groups in total. The second-order valence-electron chi connectivity index (χ2n) is 3.01. The molecule has 1 unspecified atom stereocenters. The molecular weight excluding hydrogens is 200 g/mol. The molecule has 0 saturated carbocycles. The quantitative estimate of drug-likeness (QED) is 0.738. The number of aromatic nitrogens is 2. The average Bonchev–Trinajstić information content (AvgIpc) is 2.69. The zero-order valence-corrected chi connectivity index (χ0v) is 8.78. The van der Waals surface area contributed by atoms with Gasteiger partial charge < -0.3 is 4.90 Å². The van der Waals surface area contributed by atoms with E-state index in [-0.39, 0.29) is 11.8 Å². The van der Waals surface area contributed by atoms with E-state index in [4.69, 9.17) is 5.26 Å². The van der Waals surface area contributed by atoms with Crippen LogP contribution in [-0.4, -0.2) is 34.0 Å². The van der Waals surface area contributed by atoms with E-state index in [0.29, 0.717) is 12.2 Å². The summed E-state index contributed by atoms with van der Waals surface area (Å²) in [5, 5.41) is 13.8. The first-order valence-corrected chi connectivity index (χ1v) is 4.91. The molecule has 1 heterocycles. The molecular formula is C8H10N4OS. The van der Waals surface area contributed by atoms with Gasteiger partial charge in [-0.3, -0.25) is 4.79 Å². The highest BCUT2D eigenvalue weighted by atomic mass is 32.1. The maximum Gasteiger partial charge on any atom is 0.275 e. The molecule has 1 aromatic rings. The monoisotopic (exact) mass is 210 g/mol. The molecule has 1 amide bonds. The van der Waals surface area contributed by atoms with Gasteiger partial charge in [0.05, 0.1) is 12.0 Å². The van der Waals surface area contributed by atoms with Crippen molar-refractivity contribution in [2.75, 3.05) is 13.6 Å². The zero-order chi connectivity index (χ0) is 10.6. The van der Waals surface area contributed by atoms with Crippen molar-refractivity contribution in [2.24, 2.45) is 5.92 Å². The highest BCUT2D eigenvalue weighted by Gasteiger charge is 2.16. The topological polar surface area (TPSA) is 69.9 Å². The standard InChI is InChI=1S/C8H10N4OS/c1-6(3-9)4-12(2)8(13)7-5-14-11-10-7/h5-6H,4H2,1-2H3. The third kappa shape index (κ3) is 2.50. The Morgan fingerprint density at radius 1 is 1.86 bits per heavy atom. The van der Waals surface area contributed by atoms with Gasteiger partial charge in [0.15, 0.2) is 5.69 Å². The minimum atomic E-state index is -0.194. The summed E-state index contributed by atoms with van der Waals surface area (Å²) in [5.74, 6) is -0.364. The van der Waals surface area contributed by atoms with Gasteiger partial charge in [-0.2, -0.15) is 5.26 Å². The molecule has 0 aliphatic rings. The number of nitrogens with zero attached hydrogens (tertiary/aromatic N) is 4. The first-order chi connectivity index (χ1) is 6.65. The van der Waals surface area contributed by atoms with E-state index >= 15 is 0 Å². The summed E-state index contributed by atoms with van der Waals surface area (Å²) in [6, 6.07) is 2.07. The third-order valence-corrected chi connectivity index (χ3v) is 2.20. The van der Waals surface area contributed by atoms with E-state index < -0.39 is 0 Å². The molecule has 0 fully saturated rings. The van der Waals surface area contributed by atoms with Crippen LogP contribution in [0.1, 0.15) is 17.4 Å². The maximum atomic E-state index is 11.6. The fraction of sp³-hybridized carbons (Fsp3) is 0.500. The SMILES string of the molecule is CC(C#N)CN(C)C(=O)c1csnn1. The van der Waals surface area contributed by atoms with Crippen LogP contribution in [0, 0.1) is 17.2 Å². The van der Waals surface area contributed by atoms with E-state index in [1.54, 1.807) is 19.4 Å². The lowest BCUT2D eigenvalue weighted by molar-refractivity contribution is 0.0779. The zero-order valence-electron chi connectivity index (χ0n) is 7.97. The molecule has 5 nitrogen and oxygen atoms in total. The highest BCUT2D eigenvalue weighted by molar-refractivity contribution is 7.03. The number of rotatable bonds is 3. The lowest BCUT2D eigenvalue weighted by Gasteiger charge is -2.16. The van der Waals surface area contributed by atoms with Crippen LogP contribution in [0.15, 0.2) is 5.38 Å². The van der Waals surface area contributed by atoms with Crippen molar-refractivity contribution < 1.29 is 4.79 Å². The molecule has 0 radical (unpaired) electrons. The molecule has 74 valence electrons. The fourth-order valence-corrected chi connectivity index (χ4v) is 1.42. The molecule has 0 spiro atoms. The van der Waals surface area contributed by atoms with Crippen LogP contribution in [0.5, 0.6) is 0 Å². The van der Waals surface area contributed by atoms with E-state index in [1.165, 1.54) is 4.90 Å². The second kappa shape index (κ2) is 4.67. The van der Waals surface area contributed by atoms with E-state index in [9.17, 15) is 4.79 Å². The van der Waals surface area contributed by atoms with Crippen LogP contribution in [0.2, 0.25) is 0 Å². The number of hydrogen-bond acceptors (Lipinski definition) is 5. The Balaban J connectivity index is 2.59. The van der Waals surface area contributed by atoms with Crippen LogP contribution < -0.4 is 0 Å². The number of amides is 1. The van der Waals surface area contributed by atoms with Gasteiger partial charge in [-0.05, 0) is 18.5 Å². The number of carbonyl (C=O) groups is 1. The molecule has 0 aliphatic heterocycles. The van der Waals surface area contributed by atoms with Crippen molar-refractivity contribution in [1.29, 1.82) is 5.26 Å². The van der Waals surface area contributed by atoms with Gasteiger partial charge >= 0.3 is 0 Å². The van der Waals surface area contributed by atoms with Gasteiger partial charge in [0.2, 0.25) is 0 Å². The van der Waals surface area contributed by atoms with Gasteiger partial charge in [-0.1, -0.05) is 4.49 Å². The normalized spacial score (nSPS) is 11.8. The van der Waals surface area contributed by atoms with Crippen molar-refractivity contribution in [1.82, 2.24) is 14.5 Å². The molecule has 0 bridgehead atoms. The summed E-state index contributed by atoms with van der Waals surface area (Å²) >= 11 is 1.14. The Morgan fingerprint density at radius 3 is 3.07 bits per heavy atom. The predicted molar refractivity (Wildman–Crippen MR) is 51.6 cm³/mol. The Bertz CT molecular complexity index is 343. The second-order valence-corrected chi connectivity index (χ2v) is 3.62. The average molecular weight is 210 g/mol. The molecule has 0 aliphatic carbocycles. The van der Waals surface area contributed by atoms with E-state index in [2.05, 4.69) is 15.7 Å². The molecule has 14 heavy (non-hydrogen) atoms. The third-order valence-electron chi connectivity index (χ3n) is 1.69. The predicted octanol–water partition coefficient (Wildman–Crippen LogP) is 0.770. The first-order valence-electron chi connectivity index (χ1n) is 4.07. The number of hydrogen-bond donors (Lipinski definition) is 0. The largest absolute Gasteiger partial charge is 0.339 e. The van der Waals surface area contributed by atoms with Gasteiger partial charge in [-0.15, -0.1) is 5.10 Å². The van der Waals surface area contributed by atoms with Crippen molar-refractivity contribution in [3.63, 3.8) is 0 Å². The molecule has 0 saturated heterocycles. The summed E-state index contributed by atoms with van der Waals surface area (Å²) < 4.78 is 3.60. The Morgan fingerprint density at radius 2 is 2.57 bits per heavy atom. The van der Waals surface area contributed by atoms with Gasteiger partial charge in [-0.25, -0.2) is 0 Å². The Hall–Kier alpha value is -1.48. The summed E-state index contributed by atoms with van der Waals surface area (Å²) in [6.45, 7) is 2.18. The van der Waals surface area contributed by atoms with Crippen molar-refractivity contribution in [3.05, 3.63) is 11.1 Å². The van der Waals surface area contributed by atoms with Crippen molar-refractivity contribution in [3.8, 4) is 6.07 Å². The summed E-state index contributed by atoms with van der Waals surface area (Å²) in [7, 11) is 1.65. The molecule has 1 aromatic heterocycles. The molecule has 0 aromatic carbocycles. The highest BCUT2D eigenvalue weighted by Crippen LogP contribution is 2.04. The van der Waals surface area contributed by atoms with Gasteiger partial charge in [0.1, 0.15) is 0 Å². The van der Waals surface area contributed by atoms with Crippen LogP contribution in [-0.2, 0) is 0 Å².